The molecule has 0 aliphatic heterocycles. The quantitative estimate of drug-likeness (QED) is 0.374. The fourth-order valence-electron chi connectivity index (χ4n) is 3.40. The number of halogens is 3. The summed E-state index contributed by atoms with van der Waals surface area (Å²) in [6, 6.07) is 11.2. The summed E-state index contributed by atoms with van der Waals surface area (Å²) in [5.74, 6) is 2.50. The van der Waals surface area contributed by atoms with Crippen LogP contribution in [0.4, 0.5) is 0 Å². The standard InChI is InChI=1S/C22H20Cl3N5/c1-14-12-15(23)6-7-19(14)30-22(9-8-21-26-10-11-29(21)2)27-20(28-30)13-16-17(24)4-3-5-18(16)25/h3-7,10-12H,8-9,13H2,1-2H3. The molecule has 2 heterocycles. The van der Waals surface area contributed by atoms with E-state index in [-0.39, 0.29) is 0 Å². The SMILES string of the molecule is Cc1cc(Cl)ccc1-n1nc(Cc2c(Cl)cccc2Cl)nc1CCc1nccn1C. The molecule has 4 aromatic rings. The smallest absolute Gasteiger partial charge is 0.155 e. The Morgan fingerprint density at radius 1 is 0.967 bits per heavy atom. The first-order valence-corrected chi connectivity index (χ1v) is 10.7. The van der Waals surface area contributed by atoms with E-state index in [1.807, 2.05) is 65.8 Å². The Morgan fingerprint density at radius 2 is 1.70 bits per heavy atom. The summed E-state index contributed by atoms with van der Waals surface area (Å²) in [5.41, 5.74) is 2.78. The van der Waals surface area contributed by atoms with Crippen molar-refractivity contribution in [3.05, 3.63) is 92.5 Å². The lowest BCUT2D eigenvalue weighted by Gasteiger charge is -2.09. The Labute approximate surface area is 190 Å². The summed E-state index contributed by atoms with van der Waals surface area (Å²) in [4.78, 5) is 9.23. The average Bonchev–Trinajstić information content (AvgIpc) is 3.29. The second-order valence-corrected chi connectivity index (χ2v) is 8.37. The van der Waals surface area contributed by atoms with Crippen LogP contribution in [0.1, 0.15) is 28.6 Å². The highest BCUT2D eigenvalue weighted by atomic mass is 35.5. The van der Waals surface area contributed by atoms with E-state index in [0.29, 0.717) is 33.7 Å². The fraction of sp³-hybridized carbons (Fsp3) is 0.227. The van der Waals surface area contributed by atoms with Crippen molar-refractivity contribution in [3.8, 4) is 5.69 Å². The van der Waals surface area contributed by atoms with Crippen molar-refractivity contribution in [1.82, 2.24) is 24.3 Å². The van der Waals surface area contributed by atoms with Gasteiger partial charge in [-0.05, 0) is 48.4 Å². The molecule has 0 aliphatic carbocycles. The zero-order chi connectivity index (χ0) is 21.3. The zero-order valence-corrected chi connectivity index (χ0v) is 18.9. The third-order valence-corrected chi connectivity index (χ3v) is 5.94. The highest BCUT2D eigenvalue weighted by Gasteiger charge is 2.17. The van der Waals surface area contributed by atoms with Crippen molar-refractivity contribution in [2.24, 2.45) is 7.05 Å². The molecule has 0 saturated carbocycles. The van der Waals surface area contributed by atoms with Crippen LogP contribution in [-0.2, 0) is 26.3 Å². The van der Waals surface area contributed by atoms with Crippen molar-refractivity contribution in [3.63, 3.8) is 0 Å². The molecule has 4 rings (SSSR count). The number of rotatable bonds is 6. The fourth-order valence-corrected chi connectivity index (χ4v) is 4.16. The summed E-state index contributed by atoms with van der Waals surface area (Å²) in [7, 11) is 1.99. The van der Waals surface area contributed by atoms with E-state index >= 15 is 0 Å². The van der Waals surface area contributed by atoms with Gasteiger partial charge in [-0.25, -0.2) is 14.6 Å². The van der Waals surface area contributed by atoms with Crippen LogP contribution in [0.25, 0.3) is 5.69 Å². The van der Waals surface area contributed by atoms with Gasteiger partial charge in [0.2, 0.25) is 0 Å². The van der Waals surface area contributed by atoms with E-state index in [9.17, 15) is 0 Å². The molecule has 0 atom stereocenters. The molecule has 0 saturated heterocycles. The van der Waals surface area contributed by atoms with Crippen molar-refractivity contribution >= 4 is 34.8 Å². The Hall–Kier alpha value is -2.34. The van der Waals surface area contributed by atoms with E-state index < -0.39 is 0 Å². The number of aromatic nitrogens is 5. The number of nitrogens with zero attached hydrogens (tertiary/aromatic N) is 5. The molecular formula is C22H20Cl3N5. The first-order valence-electron chi connectivity index (χ1n) is 9.53. The molecule has 5 nitrogen and oxygen atoms in total. The average molecular weight is 461 g/mol. The van der Waals surface area contributed by atoms with Gasteiger partial charge in [-0.3, -0.25) is 0 Å². The van der Waals surface area contributed by atoms with Gasteiger partial charge in [0.1, 0.15) is 11.6 Å². The highest BCUT2D eigenvalue weighted by Crippen LogP contribution is 2.27. The minimum absolute atomic E-state index is 0.452. The van der Waals surface area contributed by atoms with Crippen LogP contribution in [0.2, 0.25) is 15.1 Å². The van der Waals surface area contributed by atoms with Crippen LogP contribution in [-0.4, -0.2) is 24.3 Å². The Balaban J connectivity index is 1.72. The van der Waals surface area contributed by atoms with Gasteiger partial charge >= 0.3 is 0 Å². The Kier molecular flexibility index (Phi) is 6.14. The molecule has 2 aromatic carbocycles. The lowest BCUT2D eigenvalue weighted by Crippen LogP contribution is -2.08. The molecule has 0 radical (unpaired) electrons. The highest BCUT2D eigenvalue weighted by molar-refractivity contribution is 6.36. The van der Waals surface area contributed by atoms with E-state index in [4.69, 9.17) is 44.9 Å². The number of imidazole rings is 1. The predicted octanol–water partition coefficient (Wildman–Crippen LogP) is 5.65. The predicted molar refractivity (Wildman–Crippen MR) is 121 cm³/mol. The van der Waals surface area contributed by atoms with Gasteiger partial charge in [0.25, 0.3) is 0 Å². The van der Waals surface area contributed by atoms with Crippen LogP contribution in [0, 0.1) is 6.92 Å². The summed E-state index contributed by atoms with van der Waals surface area (Å²) >= 11 is 18.9. The van der Waals surface area contributed by atoms with E-state index in [2.05, 4.69) is 4.98 Å². The van der Waals surface area contributed by atoms with Gasteiger partial charge in [0.15, 0.2) is 5.82 Å². The molecule has 0 amide bonds. The van der Waals surface area contributed by atoms with Crippen LogP contribution in [0.15, 0.2) is 48.8 Å². The van der Waals surface area contributed by atoms with Crippen LogP contribution in [0.5, 0.6) is 0 Å². The zero-order valence-electron chi connectivity index (χ0n) is 16.6. The van der Waals surface area contributed by atoms with Gasteiger partial charge in [-0.2, -0.15) is 5.10 Å². The van der Waals surface area contributed by atoms with Crippen molar-refractivity contribution in [2.75, 3.05) is 0 Å². The number of aryl methyl sites for hydroxylation is 4. The number of hydrogen-bond acceptors (Lipinski definition) is 3. The normalized spacial score (nSPS) is 11.2. The molecular weight excluding hydrogens is 441 g/mol. The molecule has 154 valence electrons. The number of benzene rings is 2. The minimum atomic E-state index is 0.452. The first kappa shape index (κ1) is 20.9. The topological polar surface area (TPSA) is 48.5 Å². The third-order valence-electron chi connectivity index (χ3n) is 4.99. The van der Waals surface area contributed by atoms with Crippen molar-refractivity contribution in [1.29, 1.82) is 0 Å². The second kappa shape index (κ2) is 8.80. The van der Waals surface area contributed by atoms with E-state index in [1.54, 1.807) is 6.20 Å². The van der Waals surface area contributed by atoms with Gasteiger partial charge < -0.3 is 4.57 Å². The molecule has 0 fully saturated rings. The Morgan fingerprint density at radius 3 is 2.37 bits per heavy atom. The van der Waals surface area contributed by atoms with Crippen LogP contribution in [0.3, 0.4) is 0 Å². The molecule has 0 N–H and O–H groups in total. The van der Waals surface area contributed by atoms with Gasteiger partial charge in [0.05, 0.1) is 5.69 Å². The third kappa shape index (κ3) is 4.38. The number of hydrogen-bond donors (Lipinski definition) is 0. The second-order valence-electron chi connectivity index (χ2n) is 7.12. The molecule has 8 heteroatoms. The lowest BCUT2D eigenvalue weighted by atomic mass is 10.1. The first-order chi connectivity index (χ1) is 14.4. The molecule has 0 bridgehead atoms. The maximum absolute atomic E-state index is 6.36. The molecule has 0 spiro atoms. The van der Waals surface area contributed by atoms with E-state index in [1.165, 1.54) is 0 Å². The van der Waals surface area contributed by atoms with Gasteiger partial charge in [0, 0.05) is 53.8 Å². The molecule has 0 unspecified atom stereocenters. The lowest BCUT2D eigenvalue weighted by molar-refractivity contribution is 0.717. The summed E-state index contributed by atoms with van der Waals surface area (Å²) in [6.07, 6.45) is 5.63. The van der Waals surface area contributed by atoms with Crippen LogP contribution < -0.4 is 0 Å². The van der Waals surface area contributed by atoms with Crippen molar-refractivity contribution in [2.45, 2.75) is 26.2 Å². The van der Waals surface area contributed by atoms with Gasteiger partial charge in [-0.15, -0.1) is 0 Å². The monoisotopic (exact) mass is 459 g/mol. The molecule has 30 heavy (non-hydrogen) atoms. The van der Waals surface area contributed by atoms with Gasteiger partial charge in [-0.1, -0.05) is 40.9 Å². The molecule has 2 aromatic heterocycles. The summed E-state index contributed by atoms with van der Waals surface area (Å²) in [6.45, 7) is 2.01. The summed E-state index contributed by atoms with van der Waals surface area (Å²) in [5, 5.41) is 6.69. The Bertz CT molecular complexity index is 1180. The van der Waals surface area contributed by atoms with Crippen molar-refractivity contribution < 1.29 is 0 Å². The maximum atomic E-state index is 6.36. The molecule has 0 aliphatic rings. The van der Waals surface area contributed by atoms with E-state index in [0.717, 1.165) is 34.9 Å². The largest absolute Gasteiger partial charge is 0.338 e. The minimum Gasteiger partial charge on any atom is -0.338 e. The maximum Gasteiger partial charge on any atom is 0.155 e. The summed E-state index contributed by atoms with van der Waals surface area (Å²) < 4.78 is 3.90. The van der Waals surface area contributed by atoms with Crippen LogP contribution >= 0.6 is 34.8 Å².